The van der Waals surface area contributed by atoms with E-state index in [0.29, 0.717) is 24.4 Å². The maximum Gasteiger partial charge on any atom is 0.253 e. The van der Waals surface area contributed by atoms with E-state index in [-0.39, 0.29) is 5.91 Å². The minimum Gasteiger partial charge on any atom is -0.351 e. The van der Waals surface area contributed by atoms with Crippen molar-refractivity contribution in [2.45, 2.75) is 51.9 Å². The number of pyridine rings is 1. The van der Waals surface area contributed by atoms with E-state index in [2.05, 4.69) is 15.2 Å². The molecule has 4 heterocycles. The molecule has 1 fully saturated rings. The Labute approximate surface area is 149 Å². The third kappa shape index (κ3) is 2.21. The van der Waals surface area contributed by atoms with Crippen LogP contribution in [0.15, 0.2) is 0 Å². The highest BCUT2D eigenvalue weighted by Crippen LogP contribution is 2.51. The number of carbonyl (C=O) groups excluding carboxylic acids is 1. The number of thiazole rings is 1. The highest BCUT2D eigenvalue weighted by atomic mass is 32.1. The summed E-state index contributed by atoms with van der Waals surface area (Å²) in [5, 5.41) is 3.51. The van der Waals surface area contributed by atoms with Gasteiger partial charge in [0.25, 0.3) is 5.91 Å². The van der Waals surface area contributed by atoms with Gasteiger partial charge in [-0.15, -0.1) is 11.3 Å². The Morgan fingerprint density at radius 3 is 2.76 bits per heavy atom. The Morgan fingerprint density at radius 1 is 1.20 bits per heavy atom. The number of hydrogen-bond donors (Lipinski definition) is 1. The maximum absolute atomic E-state index is 14.3. The minimum absolute atomic E-state index is 0.0274. The summed E-state index contributed by atoms with van der Waals surface area (Å²) in [4.78, 5) is 24.7. The molecule has 0 spiro atoms. The van der Waals surface area contributed by atoms with Crippen LogP contribution in [-0.2, 0) is 25.2 Å². The average molecular weight is 358 g/mol. The third-order valence-electron chi connectivity index (χ3n) is 5.55. The first-order chi connectivity index (χ1) is 12.0. The molecule has 1 amide bonds. The summed E-state index contributed by atoms with van der Waals surface area (Å²) in [6, 6.07) is 0. The van der Waals surface area contributed by atoms with E-state index < -0.39 is 5.67 Å². The number of aromatic nitrogens is 2. The topological polar surface area (TPSA) is 58.1 Å². The standard InChI is InChI=1S/C18H19FN4OS/c1-9-10(2)15(21-12-7-20-16(24)14(9)12)23-6-3-11-13(8-23)25-17(22-11)18(19)4-5-18/h3-8H2,1-2H3,(H,20,24). The van der Waals surface area contributed by atoms with Crippen molar-refractivity contribution >= 4 is 23.1 Å². The number of hydrogen-bond acceptors (Lipinski definition) is 5. The molecule has 5 nitrogen and oxygen atoms in total. The van der Waals surface area contributed by atoms with Gasteiger partial charge in [-0.3, -0.25) is 4.79 Å². The second kappa shape index (κ2) is 5.00. The second-order valence-corrected chi connectivity index (χ2v) is 8.30. The van der Waals surface area contributed by atoms with E-state index in [1.54, 1.807) is 0 Å². The first-order valence-electron chi connectivity index (χ1n) is 8.67. The predicted molar refractivity (Wildman–Crippen MR) is 93.8 cm³/mol. The fourth-order valence-corrected chi connectivity index (χ4v) is 4.98. The van der Waals surface area contributed by atoms with Crippen molar-refractivity contribution in [1.82, 2.24) is 15.3 Å². The number of nitrogens with zero attached hydrogens (tertiary/aromatic N) is 3. The molecule has 7 heteroatoms. The molecule has 1 N–H and O–H groups in total. The fourth-order valence-electron chi connectivity index (χ4n) is 3.72. The molecule has 0 aromatic carbocycles. The van der Waals surface area contributed by atoms with E-state index in [9.17, 15) is 9.18 Å². The number of rotatable bonds is 2. The van der Waals surface area contributed by atoms with Crippen LogP contribution < -0.4 is 10.2 Å². The molecule has 0 radical (unpaired) electrons. The summed E-state index contributed by atoms with van der Waals surface area (Å²) in [6.07, 6.45) is 2.03. The lowest BCUT2D eigenvalue weighted by molar-refractivity contribution is 0.0965. The normalized spacial score (nSPS) is 20.3. The fraction of sp³-hybridized carbons (Fsp3) is 0.500. The maximum atomic E-state index is 14.3. The molecule has 0 saturated heterocycles. The Kier molecular flexibility index (Phi) is 3.05. The first-order valence-corrected chi connectivity index (χ1v) is 9.49. The summed E-state index contributed by atoms with van der Waals surface area (Å²) in [5.41, 5.74) is 3.51. The van der Waals surface area contributed by atoms with Gasteiger partial charge < -0.3 is 10.2 Å². The molecular weight excluding hydrogens is 339 g/mol. The molecule has 1 saturated carbocycles. The van der Waals surface area contributed by atoms with E-state index in [4.69, 9.17) is 4.98 Å². The molecule has 25 heavy (non-hydrogen) atoms. The van der Waals surface area contributed by atoms with Crippen LogP contribution in [0.2, 0.25) is 0 Å². The van der Waals surface area contributed by atoms with Crippen LogP contribution in [0.3, 0.4) is 0 Å². The van der Waals surface area contributed by atoms with Crippen molar-refractivity contribution < 1.29 is 9.18 Å². The van der Waals surface area contributed by atoms with Gasteiger partial charge in [-0.2, -0.15) is 0 Å². The quantitative estimate of drug-likeness (QED) is 0.897. The van der Waals surface area contributed by atoms with Crippen LogP contribution in [0, 0.1) is 13.8 Å². The number of anilines is 1. The van der Waals surface area contributed by atoms with Crippen molar-refractivity contribution in [3.05, 3.63) is 38.0 Å². The van der Waals surface area contributed by atoms with Gasteiger partial charge in [-0.05, 0) is 37.8 Å². The molecule has 130 valence electrons. The van der Waals surface area contributed by atoms with Crippen LogP contribution in [0.5, 0.6) is 0 Å². The molecule has 0 bridgehead atoms. The van der Waals surface area contributed by atoms with Crippen LogP contribution in [0.25, 0.3) is 0 Å². The minimum atomic E-state index is -1.16. The van der Waals surface area contributed by atoms with Crippen LogP contribution in [0.4, 0.5) is 10.2 Å². The molecule has 0 atom stereocenters. The van der Waals surface area contributed by atoms with E-state index in [0.717, 1.165) is 58.3 Å². The molecule has 2 aliphatic heterocycles. The summed E-state index contributed by atoms with van der Waals surface area (Å²) < 4.78 is 14.3. The van der Waals surface area contributed by atoms with Gasteiger partial charge >= 0.3 is 0 Å². The zero-order valence-corrected chi connectivity index (χ0v) is 15.1. The SMILES string of the molecule is Cc1c(N2CCc3nc(C4(F)CC4)sc3C2)nc2c(c1C)C(=O)NC2. The highest BCUT2D eigenvalue weighted by Gasteiger charge is 2.48. The smallest absolute Gasteiger partial charge is 0.253 e. The number of nitrogens with one attached hydrogen (secondary N) is 1. The van der Waals surface area contributed by atoms with Crippen molar-refractivity contribution in [1.29, 1.82) is 0 Å². The molecule has 0 unspecified atom stereocenters. The van der Waals surface area contributed by atoms with E-state index in [1.807, 2.05) is 13.8 Å². The van der Waals surface area contributed by atoms with Gasteiger partial charge in [0.2, 0.25) is 0 Å². The first kappa shape index (κ1) is 15.3. The van der Waals surface area contributed by atoms with Crippen molar-refractivity contribution in [2.75, 3.05) is 11.4 Å². The van der Waals surface area contributed by atoms with Gasteiger partial charge in [0.15, 0.2) is 5.67 Å². The highest BCUT2D eigenvalue weighted by molar-refractivity contribution is 7.12. The van der Waals surface area contributed by atoms with Crippen molar-refractivity contribution in [3.8, 4) is 0 Å². The van der Waals surface area contributed by atoms with Crippen LogP contribution in [-0.4, -0.2) is 22.4 Å². The number of fused-ring (bicyclic) bond motifs is 2. The van der Waals surface area contributed by atoms with Crippen LogP contribution in [0.1, 0.15) is 55.6 Å². The zero-order valence-electron chi connectivity index (χ0n) is 14.3. The van der Waals surface area contributed by atoms with Crippen molar-refractivity contribution in [2.24, 2.45) is 0 Å². The molecule has 3 aliphatic rings. The Hall–Kier alpha value is -2.02. The number of halogens is 1. The average Bonchev–Trinajstić information content (AvgIpc) is 3.04. The molecule has 5 rings (SSSR count). The Morgan fingerprint density at radius 2 is 2.00 bits per heavy atom. The summed E-state index contributed by atoms with van der Waals surface area (Å²) in [7, 11) is 0. The largest absolute Gasteiger partial charge is 0.351 e. The van der Waals surface area contributed by atoms with Gasteiger partial charge in [-0.1, -0.05) is 0 Å². The lowest BCUT2D eigenvalue weighted by Crippen LogP contribution is -2.31. The number of alkyl halides is 1. The molecule has 1 aliphatic carbocycles. The molecule has 2 aromatic rings. The van der Waals surface area contributed by atoms with Gasteiger partial charge in [-0.25, -0.2) is 14.4 Å². The van der Waals surface area contributed by atoms with Gasteiger partial charge in [0.05, 0.1) is 30.0 Å². The van der Waals surface area contributed by atoms with Crippen molar-refractivity contribution in [3.63, 3.8) is 0 Å². The monoisotopic (exact) mass is 358 g/mol. The third-order valence-corrected chi connectivity index (χ3v) is 6.81. The van der Waals surface area contributed by atoms with E-state index >= 15 is 0 Å². The summed E-state index contributed by atoms with van der Waals surface area (Å²) in [6.45, 7) is 6.05. The number of amides is 1. The lowest BCUT2D eigenvalue weighted by Gasteiger charge is -2.29. The second-order valence-electron chi connectivity index (χ2n) is 7.22. The predicted octanol–water partition coefficient (Wildman–Crippen LogP) is 2.92. The zero-order chi connectivity index (χ0) is 17.3. The molecular formula is C18H19FN4OS. The number of carbonyl (C=O) groups is 1. The molecule has 2 aromatic heterocycles. The van der Waals surface area contributed by atoms with E-state index in [1.165, 1.54) is 11.3 Å². The lowest BCUT2D eigenvalue weighted by atomic mass is 10.0. The summed E-state index contributed by atoms with van der Waals surface area (Å²) >= 11 is 1.52. The Balaban J connectivity index is 1.50. The van der Waals surface area contributed by atoms with Gasteiger partial charge in [0.1, 0.15) is 10.8 Å². The Bertz CT molecular complexity index is 918. The van der Waals surface area contributed by atoms with Crippen LogP contribution >= 0.6 is 11.3 Å². The summed E-state index contributed by atoms with van der Waals surface area (Å²) in [5.74, 6) is 0.912. The van der Waals surface area contributed by atoms with Gasteiger partial charge in [0, 0.05) is 17.8 Å².